The van der Waals surface area contributed by atoms with Gasteiger partial charge in [-0.3, -0.25) is 0 Å². The largest absolute Gasteiger partial charge is 0.423 e. The number of rotatable bonds is 4. The molecule has 1 aliphatic heterocycles. The van der Waals surface area contributed by atoms with E-state index in [0.29, 0.717) is 17.2 Å². The molecule has 2 aromatic rings. The van der Waals surface area contributed by atoms with E-state index in [-0.39, 0.29) is 0 Å². The summed E-state index contributed by atoms with van der Waals surface area (Å²) in [6, 6.07) is 5.71. The van der Waals surface area contributed by atoms with E-state index in [4.69, 9.17) is 14.3 Å². The summed E-state index contributed by atoms with van der Waals surface area (Å²) in [6.07, 6.45) is -3.07. The maximum Gasteiger partial charge on any atom is 0.336 e. The van der Waals surface area contributed by atoms with Crippen molar-refractivity contribution in [3.8, 4) is 0 Å². The summed E-state index contributed by atoms with van der Waals surface area (Å²) in [7, 11) is 0. The molecule has 0 spiro atoms. The quantitative estimate of drug-likeness (QED) is 0.475. The second kappa shape index (κ2) is 6.64. The first-order valence-electron chi connectivity index (χ1n) is 8.63. The Labute approximate surface area is 148 Å². The highest BCUT2D eigenvalue weighted by Gasteiger charge is 2.43. The third-order valence-corrected chi connectivity index (χ3v) is 5.03. The van der Waals surface area contributed by atoms with Crippen molar-refractivity contribution in [1.29, 1.82) is 0 Å². The molecule has 3 unspecified atom stereocenters. The molecule has 26 heavy (non-hydrogen) atoms. The van der Waals surface area contributed by atoms with Crippen molar-refractivity contribution in [2.75, 3.05) is 11.9 Å². The van der Waals surface area contributed by atoms with Crippen LogP contribution in [0.1, 0.15) is 24.3 Å². The van der Waals surface area contributed by atoms with Crippen molar-refractivity contribution in [1.82, 2.24) is 0 Å². The minimum absolute atomic E-state index is 0.390. The number of benzene rings is 1. The number of anilines is 1. The molecule has 140 valence electrons. The van der Waals surface area contributed by atoms with Crippen LogP contribution in [0.5, 0.6) is 0 Å². The number of hydrogen-bond donors (Lipinski definition) is 5. The number of hydrogen-bond acceptors (Lipinski definition) is 8. The molecule has 0 bridgehead atoms. The van der Waals surface area contributed by atoms with Crippen molar-refractivity contribution in [2.45, 2.75) is 49.4 Å². The number of aliphatic hydroxyl groups excluding tert-OH is 4. The van der Waals surface area contributed by atoms with E-state index < -0.39 is 42.9 Å². The van der Waals surface area contributed by atoms with Gasteiger partial charge in [0, 0.05) is 23.2 Å². The molecular weight excluding hydrogens is 342 g/mol. The van der Waals surface area contributed by atoms with Gasteiger partial charge in [-0.25, -0.2) is 4.79 Å². The van der Waals surface area contributed by atoms with Crippen molar-refractivity contribution in [2.24, 2.45) is 0 Å². The predicted molar refractivity (Wildman–Crippen MR) is 91.8 cm³/mol. The van der Waals surface area contributed by atoms with Crippen LogP contribution in [0.3, 0.4) is 0 Å². The Morgan fingerprint density at radius 3 is 2.58 bits per heavy atom. The molecule has 1 aromatic heterocycles. The molecule has 1 saturated heterocycles. The van der Waals surface area contributed by atoms with Gasteiger partial charge >= 0.3 is 5.63 Å². The Balaban J connectivity index is 1.62. The highest BCUT2D eigenvalue weighted by molar-refractivity contribution is 5.84. The molecule has 1 aliphatic carbocycles. The highest BCUT2D eigenvalue weighted by Crippen LogP contribution is 2.42. The van der Waals surface area contributed by atoms with E-state index in [0.717, 1.165) is 23.8 Å². The molecule has 2 heterocycles. The van der Waals surface area contributed by atoms with Gasteiger partial charge in [-0.15, -0.1) is 0 Å². The lowest BCUT2D eigenvalue weighted by Crippen LogP contribution is -2.61. The summed E-state index contributed by atoms with van der Waals surface area (Å²) in [5, 5.41) is 43.1. The average Bonchev–Trinajstić information content (AvgIpc) is 3.45. The van der Waals surface area contributed by atoms with Crippen LogP contribution in [-0.4, -0.2) is 57.7 Å². The fourth-order valence-corrected chi connectivity index (χ4v) is 3.46. The van der Waals surface area contributed by atoms with Gasteiger partial charge in [0.2, 0.25) is 0 Å². The standard InChI is InChI=1S/C18H21NO7/c20-7-13-16(22)17(23)15(18(24)26-13)19-9-3-4-10-11(8-1-2-8)6-14(21)25-12(10)5-9/h3-6,8,13,15-20,22-24H,1-2,7H2/t13?,15?,16-,17-,18?/m1/s1. The van der Waals surface area contributed by atoms with Crippen LogP contribution in [0.25, 0.3) is 11.0 Å². The van der Waals surface area contributed by atoms with Gasteiger partial charge in [0.05, 0.1) is 6.61 Å². The number of nitrogens with one attached hydrogen (secondary N) is 1. The van der Waals surface area contributed by atoms with Crippen LogP contribution in [0.15, 0.2) is 33.5 Å². The average molecular weight is 363 g/mol. The number of fused-ring (bicyclic) bond motifs is 1. The third-order valence-electron chi connectivity index (χ3n) is 5.03. The SMILES string of the molecule is O=c1cc(C2CC2)c2ccc(NC3C(O)OC(CO)[C@@H](O)[C@@H]3O)cc2o1. The molecular formula is C18H21NO7. The summed E-state index contributed by atoms with van der Waals surface area (Å²) in [6.45, 7) is -0.521. The Kier molecular flexibility index (Phi) is 4.45. The maximum atomic E-state index is 11.8. The summed E-state index contributed by atoms with van der Waals surface area (Å²) in [5.74, 6) is 0.390. The lowest BCUT2D eigenvalue weighted by molar-refractivity contribution is -0.245. The van der Waals surface area contributed by atoms with Gasteiger partial charge in [0.15, 0.2) is 6.29 Å². The molecule has 1 aromatic carbocycles. The third kappa shape index (κ3) is 3.10. The Hall–Kier alpha value is -1.97. The van der Waals surface area contributed by atoms with Crippen molar-refractivity contribution in [3.05, 3.63) is 40.2 Å². The van der Waals surface area contributed by atoms with Gasteiger partial charge in [-0.2, -0.15) is 0 Å². The smallest absolute Gasteiger partial charge is 0.336 e. The van der Waals surface area contributed by atoms with Crippen LogP contribution in [0.2, 0.25) is 0 Å². The molecule has 8 heteroatoms. The van der Waals surface area contributed by atoms with Crippen LogP contribution in [0, 0.1) is 0 Å². The number of ether oxygens (including phenoxy) is 1. The number of aliphatic hydroxyl groups is 4. The van der Waals surface area contributed by atoms with E-state index in [2.05, 4.69) is 5.32 Å². The molecule has 4 rings (SSSR count). The first kappa shape index (κ1) is 17.4. The van der Waals surface area contributed by atoms with Gasteiger partial charge in [0.25, 0.3) is 0 Å². The lowest BCUT2D eigenvalue weighted by atomic mass is 9.96. The van der Waals surface area contributed by atoms with Gasteiger partial charge in [0.1, 0.15) is 29.9 Å². The van der Waals surface area contributed by atoms with E-state index >= 15 is 0 Å². The van der Waals surface area contributed by atoms with Crippen molar-refractivity contribution in [3.63, 3.8) is 0 Å². The lowest BCUT2D eigenvalue weighted by Gasteiger charge is -2.40. The van der Waals surface area contributed by atoms with E-state index in [1.54, 1.807) is 12.1 Å². The summed E-state index contributed by atoms with van der Waals surface area (Å²) >= 11 is 0. The van der Waals surface area contributed by atoms with E-state index in [1.165, 1.54) is 6.07 Å². The van der Waals surface area contributed by atoms with E-state index in [9.17, 15) is 20.1 Å². The monoisotopic (exact) mass is 363 g/mol. The molecule has 5 atom stereocenters. The second-order valence-electron chi connectivity index (χ2n) is 6.90. The zero-order valence-corrected chi connectivity index (χ0v) is 13.9. The second-order valence-corrected chi connectivity index (χ2v) is 6.90. The van der Waals surface area contributed by atoms with Gasteiger partial charge in [-0.1, -0.05) is 0 Å². The van der Waals surface area contributed by atoms with Gasteiger partial charge in [-0.05, 0) is 36.5 Å². The van der Waals surface area contributed by atoms with E-state index in [1.807, 2.05) is 6.07 Å². The molecule has 5 N–H and O–H groups in total. The summed E-state index contributed by atoms with van der Waals surface area (Å²) in [4.78, 5) is 11.8. The minimum Gasteiger partial charge on any atom is -0.423 e. The first-order chi connectivity index (χ1) is 12.5. The Morgan fingerprint density at radius 2 is 1.88 bits per heavy atom. The fourth-order valence-electron chi connectivity index (χ4n) is 3.46. The fraction of sp³-hybridized carbons (Fsp3) is 0.500. The van der Waals surface area contributed by atoms with Crippen LogP contribution >= 0.6 is 0 Å². The molecule has 2 fully saturated rings. The van der Waals surface area contributed by atoms with Crippen LogP contribution in [0.4, 0.5) is 5.69 Å². The topological polar surface area (TPSA) is 132 Å². The molecule has 0 amide bonds. The normalized spacial score (nSPS) is 31.9. The van der Waals surface area contributed by atoms with Crippen LogP contribution in [-0.2, 0) is 4.74 Å². The molecule has 2 aliphatic rings. The Morgan fingerprint density at radius 1 is 1.12 bits per heavy atom. The molecule has 1 saturated carbocycles. The van der Waals surface area contributed by atoms with Crippen LogP contribution < -0.4 is 10.9 Å². The zero-order valence-electron chi connectivity index (χ0n) is 13.9. The first-order valence-corrected chi connectivity index (χ1v) is 8.63. The highest BCUT2D eigenvalue weighted by atomic mass is 16.6. The molecule has 0 radical (unpaired) electrons. The maximum absolute atomic E-state index is 11.8. The minimum atomic E-state index is -1.42. The zero-order chi connectivity index (χ0) is 18.4. The Bertz CT molecular complexity index is 862. The summed E-state index contributed by atoms with van der Waals surface area (Å²) < 4.78 is 10.4. The van der Waals surface area contributed by atoms with Crippen molar-refractivity contribution < 1.29 is 29.6 Å². The predicted octanol–water partition coefficient (Wildman–Crippen LogP) is -0.118. The van der Waals surface area contributed by atoms with Crippen molar-refractivity contribution >= 4 is 16.7 Å². The summed E-state index contributed by atoms with van der Waals surface area (Å²) in [5.41, 5.74) is 1.47. The molecule has 8 nitrogen and oxygen atoms in total. The van der Waals surface area contributed by atoms with Gasteiger partial charge < -0.3 is 34.9 Å².